The van der Waals surface area contributed by atoms with Crippen LogP contribution in [0.15, 0.2) is 36.4 Å². The molecular weight excluding hydrogens is 353 g/mol. The second kappa shape index (κ2) is 8.80. The summed E-state index contributed by atoms with van der Waals surface area (Å²) in [6.45, 7) is 0. The molecule has 2 rings (SSSR count). The molecule has 0 atom stereocenters. The number of anilines is 1. The summed E-state index contributed by atoms with van der Waals surface area (Å²) < 4.78 is 23.3. The first-order valence-electron chi connectivity index (χ1n) is 7.07. The van der Waals surface area contributed by atoms with Gasteiger partial charge in [-0.2, -0.15) is 0 Å². The molecule has 0 aliphatic rings. The van der Waals surface area contributed by atoms with E-state index in [1.165, 1.54) is 31.0 Å². The molecule has 0 aromatic heterocycles. The van der Waals surface area contributed by atoms with E-state index in [0.29, 0.717) is 28.0 Å². The SMILES string of the molecule is COc1ccc(NC(=O)CSCc2ccc(F)cc2Cl)c(OC)c1. The highest BCUT2D eigenvalue weighted by molar-refractivity contribution is 7.99. The second-order valence-electron chi connectivity index (χ2n) is 4.84. The van der Waals surface area contributed by atoms with Gasteiger partial charge in [0.15, 0.2) is 0 Å². The number of ether oxygens (including phenoxy) is 2. The first-order chi connectivity index (χ1) is 11.5. The summed E-state index contributed by atoms with van der Waals surface area (Å²) in [5.41, 5.74) is 1.36. The van der Waals surface area contributed by atoms with E-state index in [2.05, 4.69) is 5.32 Å². The van der Waals surface area contributed by atoms with Crippen LogP contribution in [0.25, 0.3) is 0 Å². The Balaban J connectivity index is 1.89. The standard InChI is InChI=1S/C17H17ClFNO3S/c1-22-13-5-6-15(16(8-13)23-2)20-17(21)10-24-9-11-3-4-12(19)7-14(11)18/h3-8H,9-10H2,1-2H3,(H,20,21). The van der Waals surface area contributed by atoms with Crippen molar-refractivity contribution >= 4 is 35.0 Å². The van der Waals surface area contributed by atoms with Crippen LogP contribution in [0.3, 0.4) is 0 Å². The van der Waals surface area contributed by atoms with Crippen molar-refractivity contribution in [2.24, 2.45) is 0 Å². The summed E-state index contributed by atoms with van der Waals surface area (Å²) in [7, 11) is 3.08. The first kappa shape index (κ1) is 18.4. The smallest absolute Gasteiger partial charge is 0.234 e. The minimum absolute atomic E-state index is 0.165. The monoisotopic (exact) mass is 369 g/mol. The molecule has 2 aromatic rings. The Bertz CT molecular complexity index is 727. The van der Waals surface area contributed by atoms with Gasteiger partial charge in [0.1, 0.15) is 17.3 Å². The molecule has 0 saturated heterocycles. The number of carbonyl (C=O) groups excluding carboxylic acids is 1. The summed E-state index contributed by atoms with van der Waals surface area (Å²) in [4.78, 5) is 12.1. The van der Waals surface area contributed by atoms with Crippen molar-refractivity contribution in [1.29, 1.82) is 0 Å². The van der Waals surface area contributed by atoms with Crippen molar-refractivity contribution < 1.29 is 18.7 Å². The average molecular weight is 370 g/mol. The fraction of sp³-hybridized carbons (Fsp3) is 0.235. The molecule has 24 heavy (non-hydrogen) atoms. The molecule has 0 spiro atoms. The van der Waals surface area contributed by atoms with Crippen LogP contribution in [-0.4, -0.2) is 25.9 Å². The number of amides is 1. The third-order valence-corrected chi connectivity index (χ3v) is 4.52. The molecule has 1 N–H and O–H groups in total. The van der Waals surface area contributed by atoms with Gasteiger partial charge in [0.25, 0.3) is 0 Å². The third kappa shape index (κ3) is 5.04. The maximum Gasteiger partial charge on any atom is 0.234 e. The molecule has 0 heterocycles. The van der Waals surface area contributed by atoms with Crippen molar-refractivity contribution in [1.82, 2.24) is 0 Å². The molecule has 4 nitrogen and oxygen atoms in total. The van der Waals surface area contributed by atoms with Crippen LogP contribution in [0.2, 0.25) is 5.02 Å². The Morgan fingerprint density at radius 2 is 2.00 bits per heavy atom. The molecule has 7 heteroatoms. The first-order valence-corrected chi connectivity index (χ1v) is 8.60. The molecule has 0 bridgehead atoms. The van der Waals surface area contributed by atoms with Gasteiger partial charge in [-0.1, -0.05) is 17.7 Å². The Morgan fingerprint density at radius 3 is 2.67 bits per heavy atom. The largest absolute Gasteiger partial charge is 0.497 e. The van der Waals surface area contributed by atoms with Gasteiger partial charge >= 0.3 is 0 Å². The summed E-state index contributed by atoms with van der Waals surface area (Å²) >= 11 is 7.35. The normalized spacial score (nSPS) is 10.3. The number of halogens is 2. The summed E-state index contributed by atoms with van der Waals surface area (Å²) in [5, 5.41) is 3.15. The fourth-order valence-corrected chi connectivity index (χ4v) is 3.13. The van der Waals surface area contributed by atoms with Gasteiger partial charge in [-0.25, -0.2) is 4.39 Å². The van der Waals surface area contributed by atoms with E-state index in [0.717, 1.165) is 5.56 Å². The minimum atomic E-state index is -0.377. The minimum Gasteiger partial charge on any atom is -0.497 e. The number of hydrogen-bond acceptors (Lipinski definition) is 4. The Labute approximate surface area is 149 Å². The lowest BCUT2D eigenvalue weighted by Crippen LogP contribution is -2.14. The number of thioether (sulfide) groups is 1. The number of carbonyl (C=O) groups is 1. The van der Waals surface area contributed by atoms with E-state index in [1.807, 2.05) is 0 Å². The van der Waals surface area contributed by atoms with E-state index in [-0.39, 0.29) is 17.5 Å². The molecule has 2 aromatic carbocycles. The van der Waals surface area contributed by atoms with Crippen LogP contribution in [0, 0.1) is 5.82 Å². The molecule has 1 amide bonds. The van der Waals surface area contributed by atoms with Crippen molar-refractivity contribution in [3.8, 4) is 11.5 Å². The highest BCUT2D eigenvalue weighted by atomic mass is 35.5. The van der Waals surface area contributed by atoms with Crippen molar-refractivity contribution in [3.05, 3.63) is 52.8 Å². The van der Waals surface area contributed by atoms with Gasteiger partial charge in [-0.3, -0.25) is 4.79 Å². The number of methoxy groups -OCH3 is 2. The lowest BCUT2D eigenvalue weighted by Gasteiger charge is -2.11. The average Bonchev–Trinajstić information content (AvgIpc) is 2.57. The molecule has 128 valence electrons. The zero-order valence-corrected chi connectivity index (χ0v) is 14.8. The van der Waals surface area contributed by atoms with Crippen LogP contribution >= 0.6 is 23.4 Å². The molecule has 0 saturated carbocycles. The third-order valence-electron chi connectivity index (χ3n) is 3.19. The van der Waals surface area contributed by atoms with Crippen LogP contribution in [-0.2, 0) is 10.5 Å². The zero-order chi connectivity index (χ0) is 17.5. The number of nitrogens with one attached hydrogen (secondary N) is 1. The predicted octanol–water partition coefficient (Wildman–Crippen LogP) is 4.37. The van der Waals surface area contributed by atoms with Crippen molar-refractivity contribution in [3.63, 3.8) is 0 Å². The van der Waals surface area contributed by atoms with Crippen molar-refractivity contribution in [2.75, 3.05) is 25.3 Å². The molecule has 0 aliphatic heterocycles. The van der Waals surface area contributed by atoms with E-state index in [9.17, 15) is 9.18 Å². The van der Waals surface area contributed by atoms with Gasteiger partial charge in [0, 0.05) is 16.8 Å². The molecule has 0 aliphatic carbocycles. The van der Waals surface area contributed by atoms with E-state index in [4.69, 9.17) is 21.1 Å². The Hall–Kier alpha value is -1.92. The Kier molecular flexibility index (Phi) is 6.75. The van der Waals surface area contributed by atoms with Gasteiger partial charge in [0.05, 0.1) is 25.7 Å². The van der Waals surface area contributed by atoms with Gasteiger partial charge in [0.2, 0.25) is 5.91 Å². The fourth-order valence-electron chi connectivity index (χ4n) is 1.98. The van der Waals surface area contributed by atoms with E-state index >= 15 is 0 Å². The molecule has 0 radical (unpaired) electrons. The zero-order valence-electron chi connectivity index (χ0n) is 13.3. The maximum absolute atomic E-state index is 13.0. The van der Waals surface area contributed by atoms with Crippen molar-refractivity contribution in [2.45, 2.75) is 5.75 Å². The topological polar surface area (TPSA) is 47.6 Å². The maximum atomic E-state index is 13.0. The summed E-state index contributed by atoms with van der Waals surface area (Å²) in [5.74, 6) is 1.38. The highest BCUT2D eigenvalue weighted by Crippen LogP contribution is 2.29. The highest BCUT2D eigenvalue weighted by Gasteiger charge is 2.10. The molecule has 0 fully saturated rings. The van der Waals surface area contributed by atoms with Gasteiger partial charge in [-0.15, -0.1) is 11.8 Å². The van der Waals surface area contributed by atoms with Gasteiger partial charge in [-0.05, 0) is 29.8 Å². The number of benzene rings is 2. The van der Waals surface area contributed by atoms with E-state index < -0.39 is 0 Å². The Morgan fingerprint density at radius 1 is 1.21 bits per heavy atom. The lowest BCUT2D eigenvalue weighted by atomic mass is 10.2. The van der Waals surface area contributed by atoms with Crippen LogP contribution in [0.1, 0.15) is 5.56 Å². The summed E-state index contributed by atoms with van der Waals surface area (Å²) in [6.07, 6.45) is 0. The quantitative estimate of drug-likeness (QED) is 0.787. The van der Waals surface area contributed by atoms with Gasteiger partial charge < -0.3 is 14.8 Å². The summed E-state index contributed by atoms with van der Waals surface area (Å²) in [6, 6.07) is 9.39. The van der Waals surface area contributed by atoms with Crippen LogP contribution in [0.5, 0.6) is 11.5 Å². The molecular formula is C17H17ClFNO3S. The van der Waals surface area contributed by atoms with Crippen LogP contribution in [0.4, 0.5) is 10.1 Å². The number of hydrogen-bond donors (Lipinski definition) is 1. The van der Waals surface area contributed by atoms with E-state index in [1.54, 1.807) is 31.4 Å². The molecule has 0 unspecified atom stereocenters. The van der Waals surface area contributed by atoms with Crippen LogP contribution < -0.4 is 14.8 Å². The lowest BCUT2D eigenvalue weighted by molar-refractivity contribution is -0.113. The number of rotatable bonds is 7. The predicted molar refractivity (Wildman–Crippen MR) is 95.7 cm³/mol. The second-order valence-corrected chi connectivity index (χ2v) is 6.24.